The molecule has 152 valence electrons. The second kappa shape index (κ2) is 7.76. The van der Waals surface area contributed by atoms with Crippen LogP contribution in [0.3, 0.4) is 0 Å². The number of aryl methyl sites for hydroxylation is 3. The summed E-state index contributed by atoms with van der Waals surface area (Å²) in [4.78, 5) is 5.02. The van der Waals surface area contributed by atoms with Crippen LogP contribution in [0.25, 0.3) is 5.82 Å². The predicted molar refractivity (Wildman–Crippen MR) is 115 cm³/mol. The largest absolute Gasteiger partial charge is 0.303 e. The molecule has 3 aromatic rings. The van der Waals surface area contributed by atoms with Gasteiger partial charge in [0, 0.05) is 24.1 Å². The summed E-state index contributed by atoms with van der Waals surface area (Å²) in [5.74, 6) is 0.859. The maximum absolute atomic E-state index is 13.3. The molecular weight excluding hydrogens is 382 g/mol. The zero-order valence-corrected chi connectivity index (χ0v) is 18.0. The van der Waals surface area contributed by atoms with Crippen LogP contribution in [0.4, 0.5) is 0 Å². The fraction of sp³-hybridized carbons (Fsp3) is 0.348. The van der Waals surface area contributed by atoms with E-state index in [2.05, 4.69) is 35.5 Å². The highest BCUT2D eigenvalue weighted by Gasteiger charge is 2.34. The fourth-order valence-electron chi connectivity index (χ4n) is 4.13. The average molecular weight is 410 g/mol. The summed E-state index contributed by atoms with van der Waals surface area (Å²) in [6, 6.07) is 15.1. The lowest BCUT2D eigenvalue weighted by molar-refractivity contribution is 0.255. The molecule has 1 aromatic carbocycles. The molecule has 5 nitrogen and oxygen atoms in total. The molecule has 0 aliphatic carbocycles. The van der Waals surface area contributed by atoms with Crippen molar-refractivity contribution in [2.75, 3.05) is 6.54 Å². The number of nitrogens with zero attached hydrogens (tertiary/aromatic N) is 3. The second-order valence-electron chi connectivity index (χ2n) is 7.84. The number of sulfonamides is 1. The Bertz CT molecular complexity index is 1080. The Morgan fingerprint density at radius 1 is 0.897 bits per heavy atom. The van der Waals surface area contributed by atoms with Crippen LogP contribution in [-0.2, 0) is 10.0 Å². The molecule has 4 rings (SSSR count). The molecular formula is C23H27N3O2S. The molecule has 0 bridgehead atoms. The van der Waals surface area contributed by atoms with Gasteiger partial charge in [0.2, 0.25) is 10.0 Å². The van der Waals surface area contributed by atoms with E-state index < -0.39 is 10.0 Å². The summed E-state index contributed by atoms with van der Waals surface area (Å²) in [7, 11) is -3.54. The number of hydrogen-bond donors (Lipinski definition) is 0. The molecule has 0 spiro atoms. The van der Waals surface area contributed by atoms with Crippen molar-refractivity contribution in [3.8, 4) is 5.82 Å². The third-order valence-electron chi connectivity index (χ3n) is 5.74. The Kier molecular flexibility index (Phi) is 5.32. The first-order valence-electron chi connectivity index (χ1n) is 10.1. The lowest BCUT2D eigenvalue weighted by Crippen LogP contribution is -2.38. The van der Waals surface area contributed by atoms with Crippen LogP contribution in [0, 0.1) is 20.8 Å². The molecule has 1 unspecified atom stereocenters. The first-order valence-corrected chi connectivity index (χ1v) is 11.5. The molecule has 0 amide bonds. The highest BCUT2D eigenvalue weighted by Crippen LogP contribution is 2.35. The van der Waals surface area contributed by atoms with Gasteiger partial charge in [-0.25, -0.2) is 13.4 Å². The first kappa shape index (κ1) is 19.9. The fourth-order valence-corrected chi connectivity index (χ4v) is 5.81. The van der Waals surface area contributed by atoms with Crippen molar-refractivity contribution in [1.82, 2.24) is 13.9 Å². The van der Waals surface area contributed by atoms with Crippen molar-refractivity contribution in [3.05, 3.63) is 77.2 Å². The van der Waals surface area contributed by atoms with Gasteiger partial charge in [0.15, 0.2) is 0 Å². The molecule has 1 aliphatic heterocycles. The number of aromatic nitrogens is 2. The molecule has 2 aromatic heterocycles. The van der Waals surface area contributed by atoms with Crippen LogP contribution in [0.15, 0.2) is 59.6 Å². The Morgan fingerprint density at radius 2 is 1.59 bits per heavy atom. The lowest BCUT2D eigenvalue weighted by atomic mass is 9.99. The molecule has 0 saturated carbocycles. The third-order valence-corrected chi connectivity index (χ3v) is 7.66. The van der Waals surface area contributed by atoms with Crippen LogP contribution < -0.4 is 0 Å². The normalized spacial score (nSPS) is 18.1. The van der Waals surface area contributed by atoms with E-state index in [1.54, 1.807) is 16.4 Å². The van der Waals surface area contributed by atoms with Crippen LogP contribution in [0.1, 0.15) is 47.8 Å². The maximum atomic E-state index is 13.3. The van der Waals surface area contributed by atoms with E-state index in [4.69, 9.17) is 0 Å². The molecule has 1 saturated heterocycles. The van der Waals surface area contributed by atoms with Gasteiger partial charge in [-0.15, -0.1) is 0 Å². The highest BCUT2D eigenvalue weighted by atomic mass is 32.2. The minimum atomic E-state index is -3.54. The molecule has 0 radical (unpaired) electrons. The molecule has 3 heterocycles. The summed E-state index contributed by atoms with van der Waals surface area (Å²) in [6.45, 7) is 6.61. The Balaban J connectivity index is 1.66. The second-order valence-corrected chi connectivity index (χ2v) is 9.73. The van der Waals surface area contributed by atoms with Crippen molar-refractivity contribution < 1.29 is 8.42 Å². The van der Waals surface area contributed by atoms with Gasteiger partial charge < -0.3 is 4.57 Å². The molecule has 29 heavy (non-hydrogen) atoms. The highest BCUT2D eigenvalue weighted by molar-refractivity contribution is 7.89. The van der Waals surface area contributed by atoms with E-state index in [-0.39, 0.29) is 6.04 Å². The van der Waals surface area contributed by atoms with Gasteiger partial charge in [-0.1, -0.05) is 30.2 Å². The zero-order chi connectivity index (χ0) is 20.6. The van der Waals surface area contributed by atoms with Crippen molar-refractivity contribution in [2.24, 2.45) is 0 Å². The van der Waals surface area contributed by atoms with Gasteiger partial charge >= 0.3 is 0 Å². The number of rotatable bonds is 4. The van der Waals surface area contributed by atoms with E-state index in [0.717, 1.165) is 47.6 Å². The van der Waals surface area contributed by atoms with E-state index in [9.17, 15) is 8.42 Å². The summed E-state index contributed by atoms with van der Waals surface area (Å²) in [5, 5.41) is 0. The van der Waals surface area contributed by atoms with Gasteiger partial charge in [0.1, 0.15) is 5.82 Å². The smallest absolute Gasteiger partial charge is 0.243 e. The van der Waals surface area contributed by atoms with Crippen LogP contribution in [0.2, 0.25) is 0 Å². The average Bonchev–Trinajstić information content (AvgIpc) is 3.06. The van der Waals surface area contributed by atoms with Gasteiger partial charge in [0.05, 0.1) is 10.9 Å². The monoisotopic (exact) mass is 409 g/mol. The Hall–Kier alpha value is -2.44. The Morgan fingerprint density at radius 3 is 2.21 bits per heavy atom. The first-order chi connectivity index (χ1) is 13.9. The lowest BCUT2D eigenvalue weighted by Gasteiger charge is -2.35. The molecule has 6 heteroatoms. The quantitative estimate of drug-likeness (QED) is 0.627. The SMILES string of the molecule is Cc1ccc(S(=O)(=O)N2CCCCC2c2ccc(-n3c(C)ccc3C)nc2)cc1. The maximum Gasteiger partial charge on any atom is 0.243 e. The summed E-state index contributed by atoms with van der Waals surface area (Å²) < 4.78 is 30.4. The predicted octanol–water partition coefficient (Wildman–Crippen LogP) is 4.71. The van der Waals surface area contributed by atoms with Crippen molar-refractivity contribution in [2.45, 2.75) is 51.0 Å². The summed E-state index contributed by atoms with van der Waals surface area (Å²) in [6.07, 6.45) is 4.55. The van der Waals surface area contributed by atoms with E-state index in [0.29, 0.717) is 11.4 Å². The van der Waals surface area contributed by atoms with Crippen LogP contribution >= 0.6 is 0 Å². The Labute approximate surface area is 173 Å². The van der Waals surface area contributed by atoms with Gasteiger partial charge in [-0.3, -0.25) is 0 Å². The van der Waals surface area contributed by atoms with Crippen molar-refractivity contribution in [1.29, 1.82) is 0 Å². The van der Waals surface area contributed by atoms with Crippen molar-refractivity contribution in [3.63, 3.8) is 0 Å². The number of hydrogen-bond acceptors (Lipinski definition) is 3. The van der Waals surface area contributed by atoms with Gasteiger partial charge in [-0.2, -0.15) is 4.31 Å². The van der Waals surface area contributed by atoms with Gasteiger partial charge in [-0.05, 0) is 69.5 Å². The van der Waals surface area contributed by atoms with Crippen LogP contribution in [-0.4, -0.2) is 28.8 Å². The number of benzene rings is 1. The standard InChI is InChI=1S/C23H27N3O2S/c1-17-7-12-21(13-8-17)29(27,28)25-15-5-4-6-22(25)20-11-14-23(24-16-20)26-18(2)9-10-19(26)3/h7-14,16,22H,4-6,15H2,1-3H3. The van der Waals surface area contributed by atoms with Crippen molar-refractivity contribution >= 4 is 10.0 Å². The number of pyridine rings is 1. The number of piperidine rings is 1. The summed E-state index contributed by atoms with van der Waals surface area (Å²) in [5.41, 5.74) is 4.26. The minimum absolute atomic E-state index is 0.177. The third kappa shape index (κ3) is 3.74. The van der Waals surface area contributed by atoms with E-state index >= 15 is 0 Å². The molecule has 1 fully saturated rings. The van der Waals surface area contributed by atoms with Gasteiger partial charge in [0.25, 0.3) is 0 Å². The van der Waals surface area contributed by atoms with E-state index in [1.807, 2.05) is 37.4 Å². The summed E-state index contributed by atoms with van der Waals surface area (Å²) >= 11 is 0. The van der Waals surface area contributed by atoms with Crippen LogP contribution in [0.5, 0.6) is 0 Å². The molecule has 1 aliphatic rings. The van der Waals surface area contributed by atoms with E-state index in [1.165, 1.54) is 0 Å². The molecule has 1 atom stereocenters. The zero-order valence-electron chi connectivity index (χ0n) is 17.2. The molecule has 0 N–H and O–H groups in total. The minimum Gasteiger partial charge on any atom is -0.303 e. The topological polar surface area (TPSA) is 55.2 Å².